The van der Waals surface area contributed by atoms with Gasteiger partial charge in [0, 0.05) is 26.8 Å². The molecule has 1 aromatic rings. The third kappa shape index (κ3) is 5.14. The van der Waals surface area contributed by atoms with Gasteiger partial charge in [0.05, 0.1) is 4.92 Å². The first-order chi connectivity index (χ1) is 9.91. The van der Waals surface area contributed by atoms with Gasteiger partial charge in [0.1, 0.15) is 6.33 Å². The Morgan fingerprint density at radius 3 is 2.48 bits per heavy atom. The third-order valence-corrected chi connectivity index (χ3v) is 3.07. The summed E-state index contributed by atoms with van der Waals surface area (Å²) in [7, 11) is 1.65. The van der Waals surface area contributed by atoms with Gasteiger partial charge in [0.2, 0.25) is 11.6 Å². The summed E-state index contributed by atoms with van der Waals surface area (Å²) >= 11 is 0. The summed E-state index contributed by atoms with van der Waals surface area (Å²) in [6.07, 6.45) is 2.16. The maximum atomic E-state index is 11.2. The number of ether oxygens (including phenoxy) is 1. The van der Waals surface area contributed by atoms with Crippen molar-refractivity contribution in [2.75, 3.05) is 37.4 Å². The summed E-state index contributed by atoms with van der Waals surface area (Å²) in [6, 6.07) is 0. The van der Waals surface area contributed by atoms with Crippen LogP contribution in [0.1, 0.15) is 27.2 Å². The minimum atomic E-state index is -0.470. The molecule has 1 aromatic heterocycles. The molecule has 0 aliphatic carbocycles. The van der Waals surface area contributed by atoms with Crippen LogP contribution in [0, 0.1) is 15.5 Å². The Hall–Kier alpha value is -1.96. The molecule has 0 saturated heterocycles. The minimum absolute atomic E-state index is 0.0623. The van der Waals surface area contributed by atoms with Crippen molar-refractivity contribution in [1.82, 2.24) is 9.97 Å². The van der Waals surface area contributed by atoms with Gasteiger partial charge in [-0.1, -0.05) is 13.8 Å². The molecular formula is C13H23N5O3. The van der Waals surface area contributed by atoms with Gasteiger partial charge in [-0.3, -0.25) is 10.1 Å². The number of hydrogen-bond donors (Lipinski definition) is 2. The second-order valence-corrected chi connectivity index (χ2v) is 5.47. The molecule has 118 valence electrons. The summed E-state index contributed by atoms with van der Waals surface area (Å²) < 4.78 is 5.07. The number of nitro groups is 1. The van der Waals surface area contributed by atoms with E-state index in [2.05, 4.69) is 34.4 Å². The van der Waals surface area contributed by atoms with Crippen LogP contribution >= 0.6 is 0 Å². The van der Waals surface area contributed by atoms with E-state index in [1.807, 2.05) is 6.92 Å². The highest BCUT2D eigenvalue weighted by Gasteiger charge is 2.25. The van der Waals surface area contributed by atoms with Crippen molar-refractivity contribution in [2.24, 2.45) is 5.41 Å². The Morgan fingerprint density at radius 1 is 1.33 bits per heavy atom. The zero-order valence-corrected chi connectivity index (χ0v) is 13.0. The van der Waals surface area contributed by atoms with Gasteiger partial charge in [-0.05, 0) is 18.8 Å². The van der Waals surface area contributed by atoms with E-state index in [4.69, 9.17) is 4.74 Å². The van der Waals surface area contributed by atoms with Crippen LogP contribution < -0.4 is 10.6 Å². The van der Waals surface area contributed by atoms with E-state index in [1.165, 1.54) is 6.33 Å². The smallest absolute Gasteiger partial charge is 0.353 e. The zero-order chi connectivity index (χ0) is 15.9. The molecule has 0 aliphatic heterocycles. The normalized spacial score (nSPS) is 11.2. The second-order valence-electron chi connectivity index (χ2n) is 5.47. The summed E-state index contributed by atoms with van der Waals surface area (Å²) in [6.45, 7) is 7.74. The lowest BCUT2D eigenvalue weighted by atomic mass is 9.90. The number of nitrogens with zero attached hydrogens (tertiary/aromatic N) is 3. The van der Waals surface area contributed by atoms with E-state index < -0.39 is 4.92 Å². The molecule has 0 spiro atoms. The fourth-order valence-electron chi connectivity index (χ4n) is 1.77. The predicted octanol–water partition coefficient (Wildman–Crippen LogP) is 2.29. The Labute approximate surface area is 124 Å². The molecule has 0 unspecified atom stereocenters. The fourth-order valence-corrected chi connectivity index (χ4v) is 1.77. The van der Waals surface area contributed by atoms with Crippen molar-refractivity contribution >= 4 is 17.3 Å². The quantitative estimate of drug-likeness (QED) is 0.532. The van der Waals surface area contributed by atoms with Crippen molar-refractivity contribution in [1.29, 1.82) is 0 Å². The summed E-state index contributed by atoms with van der Waals surface area (Å²) in [5.41, 5.74) is -0.186. The molecule has 0 saturated carbocycles. The maximum Gasteiger partial charge on any atom is 0.353 e. The maximum absolute atomic E-state index is 11.2. The average Bonchev–Trinajstić information content (AvgIpc) is 2.43. The number of methoxy groups -OCH3 is 1. The molecule has 0 radical (unpaired) electrons. The molecule has 0 aliphatic rings. The first-order valence-electron chi connectivity index (χ1n) is 6.87. The Bertz CT molecular complexity index is 479. The standard InChI is InChI=1S/C13H23N5O3/c1-5-14-11-10(18(19)20)12(17-9-16-11)15-8-13(2,3)6-7-21-4/h9H,5-8H2,1-4H3,(H2,14,15,16,17). The predicted molar refractivity (Wildman–Crippen MR) is 81.6 cm³/mol. The van der Waals surface area contributed by atoms with Gasteiger partial charge in [-0.2, -0.15) is 0 Å². The van der Waals surface area contributed by atoms with E-state index in [0.29, 0.717) is 19.7 Å². The van der Waals surface area contributed by atoms with E-state index in [0.717, 1.165) is 6.42 Å². The van der Waals surface area contributed by atoms with Crippen molar-refractivity contribution in [3.63, 3.8) is 0 Å². The van der Waals surface area contributed by atoms with Crippen LogP contribution in [-0.4, -0.2) is 41.7 Å². The molecule has 0 atom stereocenters. The van der Waals surface area contributed by atoms with E-state index in [9.17, 15) is 10.1 Å². The first kappa shape index (κ1) is 17.1. The molecule has 0 amide bonds. The largest absolute Gasteiger partial charge is 0.385 e. The van der Waals surface area contributed by atoms with Crippen molar-refractivity contribution in [2.45, 2.75) is 27.2 Å². The lowest BCUT2D eigenvalue weighted by Crippen LogP contribution is -2.25. The highest BCUT2D eigenvalue weighted by atomic mass is 16.6. The van der Waals surface area contributed by atoms with Crippen LogP contribution in [0.5, 0.6) is 0 Å². The van der Waals surface area contributed by atoms with Gasteiger partial charge < -0.3 is 15.4 Å². The Balaban J connectivity index is 2.88. The lowest BCUT2D eigenvalue weighted by Gasteiger charge is -2.24. The number of nitrogens with one attached hydrogen (secondary N) is 2. The SMILES string of the molecule is CCNc1ncnc(NCC(C)(C)CCOC)c1[N+](=O)[O-]. The molecular weight excluding hydrogens is 274 g/mol. The summed E-state index contributed by atoms with van der Waals surface area (Å²) in [5, 5.41) is 17.2. The van der Waals surface area contributed by atoms with Crippen molar-refractivity contribution in [3.8, 4) is 0 Å². The van der Waals surface area contributed by atoms with Gasteiger partial charge in [-0.15, -0.1) is 0 Å². The zero-order valence-electron chi connectivity index (χ0n) is 13.0. The van der Waals surface area contributed by atoms with Gasteiger partial charge in [0.15, 0.2) is 0 Å². The third-order valence-electron chi connectivity index (χ3n) is 3.07. The number of hydrogen-bond acceptors (Lipinski definition) is 7. The molecule has 8 heteroatoms. The topological polar surface area (TPSA) is 102 Å². The van der Waals surface area contributed by atoms with E-state index in [1.54, 1.807) is 7.11 Å². The van der Waals surface area contributed by atoms with Crippen LogP contribution in [0.2, 0.25) is 0 Å². The van der Waals surface area contributed by atoms with Crippen LogP contribution in [-0.2, 0) is 4.74 Å². The molecule has 0 fully saturated rings. The van der Waals surface area contributed by atoms with Gasteiger partial charge >= 0.3 is 5.69 Å². The first-order valence-corrected chi connectivity index (χ1v) is 6.87. The summed E-state index contributed by atoms with van der Waals surface area (Å²) in [5.74, 6) is 0.464. The molecule has 8 nitrogen and oxygen atoms in total. The van der Waals surface area contributed by atoms with Gasteiger partial charge in [0.25, 0.3) is 0 Å². The van der Waals surface area contributed by atoms with Crippen molar-refractivity contribution < 1.29 is 9.66 Å². The molecule has 0 bridgehead atoms. The molecule has 21 heavy (non-hydrogen) atoms. The molecule has 2 N–H and O–H groups in total. The average molecular weight is 297 g/mol. The number of anilines is 2. The van der Waals surface area contributed by atoms with Gasteiger partial charge in [-0.25, -0.2) is 9.97 Å². The number of aromatic nitrogens is 2. The highest BCUT2D eigenvalue weighted by Crippen LogP contribution is 2.30. The highest BCUT2D eigenvalue weighted by molar-refractivity contribution is 5.69. The van der Waals surface area contributed by atoms with Crippen molar-refractivity contribution in [3.05, 3.63) is 16.4 Å². The second kappa shape index (κ2) is 7.72. The van der Waals surface area contributed by atoms with Crippen LogP contribution in [0.25, 0.3) is 0 Å². The van der Waals surface area contributed by atoms with E-state index in [-0.39, 0.29) is 22.7 Å². The lowest BCUT2D eigenvalue weighted by molar-refractivity contribution is -0.383. The molecule has 1 rings (SSSR count). The fraction of sp³-hybridized carbons (Fsp3) is 0.692. The molecule has 0 aromatic carbocycles. The monoisotopic (exact) mass is 297 g/mol. The number of rotatable bonds is 9. The van der Waals surface area contributed by atoms with Crippen LogP contribution in [0.4, 0.5) is 17.3 Å². The Kier molecular flexibility index (Phi) is 6.29. The van der Waals surface area contributed by atoms with Crippen LogP contribution in [0.3, 0.4) is 0 Å². The Morgan fingerprint density at radius 2 is 1.95 bits per heavy atom. The summed E-state index contributed by atoms with van der Waals surface area (Å²) in [4.78, 5) is 18.7. The minimum Gasteiger partial charge on any atom is -0.385 e. The molecule has 1 heterocycles. The van der Waals surface area contributed by atoms with E-state index >= 15 is 0 Å². The van der Waals surface area contributed by atoms with Crippen LogP contribution in [0.15, 0.2) is 6.33 Å².